The molecule has 1 unspecified atom stereocenters. The van der Waals surface area contributed by atoms with E-state index in [1.54, 1.807) is 18.2 Å². The molecule has 1 atom stereocenters. The average molecular weight is 342 g/mol. The zero-order valence-corrected chi connectivity index (χ0v) is 14.5. The van der Waals surface area contributed by atoms with E-state index in [1.165, 1.54) is 25.1 Å². The number of hydrogen-bond donors (Lipinski definition) is 2. The van der Waals surface area contributed by atoms with Gasteiger partial charge in [-0.05, 0) is 30.5 Å². The molecular weight excluding hydrogens is 320 g/mol. The topological polar surface area (TPSA) is 83.8 Å². The van der Waals surface area contributed by atoms with Gasteiger partial charge in [-0.1, -0.05) is 38.2 Å². The van der Waals surface area contributed by atoms with Crippen molar-refractivity contribution in [3.63, 3.8) is 0 Å². The lowest BCUT2D eigenvalue weighted by Crippen LogP contribution is -2.14. The highest BCUT2D eigenvalue weighted by atomic mass is 16.5. The molecule has 25 heavy (non-hydrogen) atoms. The fourth-order valence-electron chi connectivity index (χ4n) is 2.44. The van der Waals surface area contributed by atoms with Gasteiger partial charge in [0.15, 0.2) is 0 Å². The normalized spacial score (nSPS) is 17.5. The van der Waals surface area contributed by atoms with E-state index >= 15 is 0 Å². The second kappa shape index (κ2) is 7.83. The maximum atomic E-state index is 11.4. The van der Waals surface area contributed by atoms with E-state index in [2.05, 4.69) is 0 Å². The molecule has 1 aliphatic heterocycles. The number of cyclic esters (lactones) is 1. The van der Waals surface area contributed by atoms with Crippen molar-refractivity contribution < 1.29 is 24.5 Å². The van der Waals surface area contributed by atoms with Crippen molar-refractivity contribution in [2.24, 2.45) is 5.92 Å². The molecule has 1 heterocycles. The summed E-state index contributed by atoms with van der Waals surface area (Å²) in [4.78, 5) is 22.7. The summed E-state index contributed by atoms with van der Waals surface area (Å²) in [7, 11) is 0. The minimum Gasteiger partial charge on any atom is -0.507 e. The molecule has 0 radical (unpaired) electrons. The van der Waals surface area contributed by atoms with Crippen LogP contribution in [0.1, 0.15) is 38.3 Å². The third-order valence-corrected chi connectivity index (χ3v) is 3.66. The van der Waals surface area contributed by atoms with E-state index in [-0.39, 0.29) is 23.7 Å². The average Bonchev–Trinajstić information content (AvgIpc) is 2.82. The van der Waals surface area contributed by atoms with Crippen LogP contribution >= 0.6 is 0 Å². The first-order valence-corrected chi connectivity index (χ1v) is 8.10. The minimum absolute atomic E-state index is 0.0374. The summed E-state index contributed by atoms with van der Waals surface area (Å²) in [5, 5.41) is 20.2. The molecule has 0 aromatic heterocycles. The van der Waals surface area contributed by atoms with E-state index in [1.807, 2.05) is 19.9 Å². The number of benzene rings is 1. The second-order valence-electron chi connectivity index (χ2n) is 6.39. The molecule has 0 fully saturated rings. The van der Waals surface area contributed by atoms with E-state index in [0.29, 0.717) is 22.6 Å². The Morgan fingerprint density at radius 2 is 1.84 bits per heavy atom. The number of hydrogen-bond acceptors (Lipinski definition) is 5. The van der Waals surface area contributed by atoms with Crippen LogP contribution in [0, 0.1) is 5.92 Å². The lowest BCUT2D eigenvalue weighted by Gasteiger charge is -2.10. The molecule has 0 aliphatic carbocycles. The zero-order chi connectivity index (χ0) is 18.6. The third-order valence-electron chi connectivity index (χ3n) is 3.66. The summed E-state index contributed by atoms with van der Waals surface area (Å²) in [6.45, 7) is 5.43. The van der Waals surface area contributed by atoms with Crippen LogP contribution in [0.15, 0.2) is 35.9 Å². The number of rotatable bonds is 6. The molecule has 2 N–H and O–H groups in total. The molecule has 1 aromatic rings. The number of carbonyl (C=O) groups is 2. The Morgan fingerprint density at radius 1 is 1.20 bits per heavy atom. The Balaban J connectivity index is 2.22. The van der Waals surface area contributed by atoms with Crippen molar-refractivity contribution in [1.29, 1.82) is 0 Å². The fourth-order valence-corrected chi connectivity index (χ4v) is 2.44. The van der Waals surface area contributed by atoms with Crippen LogP contribution in [0.25, 0.3) is 12.2 Å². The lowest BCUT2D eigenvalue weighted by atomic mass is 10.0. The molecule has 0 saturated heterocycles. The number of carbonyl (C=O) groups excluding carboxylic acids is 2. The van der Waals surface area contributed by atoms with Crippen LogP contribution in [0.5, 0.6) is 11.5 Å². The van der Waals surface area contributed by atoms with Crippen molar-refractivity contribution >= 4 is 23.9 Å². The Kier molecular flexibility index (Phi) is 5.80. The highest BCUT2D eigenvalue weighted by molar-refractivity contribution is 5.88. The summed E-state index contributed by atoms with van der Waals surface area (Å²) in [6.07, 6.45) is 7.73. The number of esters is 1. The van der Waals surface area contributed by atoms with Gasteiger partial charge in [-0.15, -0.1) is 0 Å². The smallest absolute Gasteiger partial charge is 0.331 e. The monoisotopic (exact) mass is 342 g/mol. The second-order valence-corrected chi connectivity index (χ2v) is 6.39. The van der Waals surface area contributed by atoms with Gasteiger partial charge in [-0.25, -0.2) is 4.79 Å². The Labute approximate surface area is 146 Å². The Hall–Kier alpha value is -2.82. The van der Waals surface area contributed by atoms with Gasteiger partial charge in [-0.3, -0.25) is 4.79 Å². The molecule has 0 saturated carbocycles. The lowest BCUT2D eigenvalue weighted by molar-refractivity contribution is -0.139. The largest absolute Gasteiger partial charge is 0.507 e. The third kappa shape index (κ3) is 5.08. The quantitative estimate of drug-likeness (QED) is 0.772. The number of Topliss-reactive ketones (excluding diaryl/α,β-unsaturated/α-hetero) is 1. The number of allylic oxidation sites excluding steroid dienone is 1. The van der Waals surface area contributed by atoms with Crippen LogP contribution in [0.3, 0.4) is 0 Å². The summed E-state index contributed by atoms with van der Waals surface area (Å²) >= 11 is 0. The van der Waals surface area contributed by atoms with Crippen molar-refractivity contribution in [3.05, 3.63) is 47.1 Å². The standard InChI is InChI=1S/C20H22O5/c1-12(2)4-7-16-17(22)9-14(10-18(16)23)5-6-15-11-20(24)25-19(15)8-13(3)21/h4-7,9-12,19,22-23H,8H2,1-3H3. The SMILES string of the molecule is CC(=O)CC1OC(=O)C=C1C=Cc1cc(O)c(C=CC(C)C)c(O)c1. The van der Waals surface area contributed by atoms with Gasteiger partial charge in [0.2, 0.25) is 0 Å². The maximum Gasteiger partial charge on any atom is 0.331 e. The molecule has 132 valence electrons. The summed E-state index contributed by atoms with van der Waals surface area (Å²) in [5.74, 6) is -0.334. The molecule has 2 rings (SSSR count). The molecular formula is C20H22O5. The van der Waals surface area contributed by atoms with Gasteiger partial charge in [0, 0.05) is 18.1 Å². The molecule has 0 bridgehead atoms. The van der Waals surface area contributed by atoms with E-state index in [0.717, 1.165) is 0 Å². The number of phenolic OH excluding ortho intramolecular Hbond substituents is 2. The van der Waals surface area contributed by atoms with Gasteiger partial charge in [-0.2, -0.15) is 0 Å². The highest BCUT2D eigenvalue weighted by Crippen LogP contribution is 2.31. The number of phenols is 2. The maximum absolute atomic E-state index is 11.4. The van der Waals surface area contributed by atoms with Gasteiger partial charge >= 0.3 is 5.97 Å². The van der Waals surface area contributed by atoms with E-state index in [9.17, 15) is 19.8 Å². The van der Waals surface area contributed by atoms with Crippen LogP contribution in [0.4, 0.5) is 0 Å². The molecule has 0 amide bonds. The fraction of sp³-hybridized carbons (Fsp3) is 0.300. The zero-order valence-electron chi connectivity index (χ0n) is 14.5. The number of ether oxygens (including phenoxy) is 1. The molecule has 1 aromatic carbocycles. The van der Waals surface area contributed by atoms with Gasteiger partial charge in [0.05, 0.1) is 5.56 Å². The van der Waals surface area contributed by atoms with E-state index < -0.39 is 12.1 Å². The predicted molar refractivity (Wildman–Crippen MR) is 95.9 cm³/mol. The summed E-state index contributed by atoms with van der Waals surface area (Å²) < 4.78 is 5.08. The minimum atomic E-state index is -0.586. The van der Waals surface area contributed by atoms with Gasteiger partial charge in [0.25, 0.3) is 0 Å². The van der Waals surface area contributed by atoms with Crippen LogP contribution in [0.2, 0.25) is 0 Å². The number of aromatic hydroxyl groups is 2. The van der Waals surface area contributed by atoms with Crippen molar-refractivity contribution in [2.75, 3.05) is 0 Å². The van der Waals surface area contributed by atoms with Crippen molar-refractivity contribution in [1.82, 2.24) is 0 Å². The first-order valence-electron chi connectivity index (χ1n) is 8.10. The van der Waals surface area contributed by atoms with Crippen molar-refractivity contribution in [3.8, 4) is 11.5 Å². The first kappa shape index (κ1) is 18.5. The molecule has 5 heteroatoms. The highest BCUT2D eigenvalue weighted by Gasteiger charge is 2.25. The van der Waals surface area contributed by atoms with Crippen LogP contribution in [-0.2, 0) is 14.3 Å². The summed E-state index contributed by atoms with van der Waals surface area (Å²) in [5.41, 5.74) is 1.51. The van der Waals surface area contributed by atoms with Gasteiger partial charge < -0.3 is 14.9 Å². The molecule has 1 aliphatic rings. The molecule has 0 spiro atoms. The number of ketones is 1. The molecule has 5 nitrogen and oxygen atoms in total. The van der Waals surface area contributed by atoms with Crippen LogP contribution < -0.4 is 0 Å². The van der Waals surface area contributed by atoms with Crippen LogP contribution in [-0.4, -0.2) is 28.1 Å². The Bertz CT molecular complexity index is 745. The Morgan fingerprint density at radius 3 is 2.40 bits per heavy atom. The first-order chi connectivity index (χ1) is 11.8. The van der Waals surface area contributed by atoms with Gasteiger partial charge in [0.1, 0.15) is 23.4 Å². The summed E-state index contributed by atoms with van der Waals surface area (Å²) in [6, 6.07) is 3.04. The predicted octanol–water partition coefficient (Wildman–Crippen LogP) is 3.61. The van der Waals surface area contributed by atoms with E-state index in [4.69, 9.17) is 4.74 Å². The van der Waals surface area contributed by atoms with Crippen molar-refractivity contribution in [2.45, 2.75) is 33.3 Å².